The lowest BCUT2D eigenvalue weighted by Crippen LogP contribution is -2.41. The average molecular weight is 298 g/mol. The molecule has 1 unspecified atom stereocenters. The molecule has 1 saturated carbocycles. The molecule has 1 aliphatic rings. The van der Waals surface area contributed by atoms with E-state index in [0.29, 0.717) is 12.4 Å². The van der Waals surface area contributed by atoms with Crippen molar-refractivity contribution >= 4 is 10.0 Å². The summed E-state index contributed by atoms with van der Waals surface area (Å²) in [5, 5.41) is 0. The second-order valence-corrected chi connectivity index (χ2v) is 7.38. The fraction of sp³-hybridized carbons (Fsp3) is 0.571. The first-order valence-electron chi connectivity index (χ1n) is 6.86. The smallest absolute Gasteiger partial charge is 0.240 e. The molecule has 0 saturated heterocycles. The molecule has 2 rings (SSSR count). The van der Waals surface area contributed by atoms with Crippen molar-refractivity contribution in [2.75, 3.05) is 6.61 Å². The molecule has 1 aliphatic carbocycles. The molecule has 6 heteroatoms. The predicted octanol–water partition coefficient (Wildman–Crippen LogP) is 1.63. The molecule has 1 atom stereocenters. The Morgan fingerprint density at radius 1 is 1.35 bits per heavy atom. The van der Waals surface area contributed by atoms with Gasteiger partial charge in [0.1, 0.15) is 12.4 Å². The van der Waals surface area contributed by atoms with Crippen LogP contribution in [0.4, 0.5) is 0 Å². The topological polar surface area (TPSA) is 81.4 Å². The van der Waals surface area contributed by atoms with Crippen molar-refractivity contribution in [3.63, 3.8) is 0 Å². The van der Waals surface area contributed by atoms with Crippen LogP contribution in [0.2, 0.25) is 0 Å². The average Bonchev–Trinajstić information content (AvgIpc) is 3.20. The number of sulfonamides is 1. The van der Waals surface area contributed by atoms with E-state index in [1.165, 1.54) is 0 Å². The Morgan fingerprint density at radius 2 is 1.95 bits per heavy atom. The van der Waals surface area contributed by atoms with Crippen LogP contribution in [-0.4, -0.2) is 26.6 Å². The van der Waals surface area contributed by atoms with Gasteiger partial charge >= 0.3 is 0 Å². The summed E-state index contributed by atoms with van der Waals surface area (Å²) < 4.78 is 32.2. The van der Waals surface area contributed by atoms with Crippen LogP contribution < -0.4 is 15.2 Å². The highest BCUT2D eigenvalue weighted by Crippen LogP contribution is 2.23. The Hall–Kier alpha value is -1.11. The summed E-state index contributed by atoms with van der Waals surface area (Å²) >= 11 is 0. The molecule has 112 valence electrons. The normalized spacial score (nSPS) is 18.6. The number of benzene rings is 1. The highest BCUT2D eigenvalue weighted by atomic mass is 32.2. The first kappa shape index (κ1) is 15.3. The van der Waals surface area contributed by atoms with Crippen LogP contribution >= 0.6 is 0 Å². The van der Waals surface area contributed by atoms with Gasteiger partial charge in [-0.1, -0.05) is 6.92 Å². The van der Waals surface area contributed by atoms with E-state index < -0.39 is 10.0 Å². The van der Waals surface area contributed by atoms with Crippen LogP contribution in [0.5, 0.6) is 5.75 Å². The zero-order chi connectivity index (χ0) is 14.8. The molecule has 0 spiro atoms. The van der Waals surface area contributed by atoms with Crippen molar-refractivity contribution in [2.24, 2.45) is 5.73 Å². The zero-order valence-corrected chi connectivity index (χ0v) is 12.7. The van der Waals surface area contributed by atoms with Crippen molar-refractivity contribution in [1.29, 1.82) is 0 Å². The summed E-state index contributed by atoms with van der Waals surface area (Å²) in [6.07, 6.45) is 2.66. The first-order valence-corrected chi connectivity index (χ1v) is 8.35. The number of hydrogen-bond acceptors (Lipinski definition) is 4. The molecule has 0 aromatic heterocycles. The summed E-state index contributed by atoms with van der Waals surface area (Å²) in [6.45, 7) is 4.32. The molecular formula is C14H22N2O3S. The SMILES string of the molecule is CCC(C)(N)COc1ccc(S(=O)(=O)NC2CC2)cc1. The third-order valence-corrected chi connectivity index (χ3v) is 4.95. The summed E-state index contributed by atoms with van der Waals surface area (Å²) in [5.74, 6) is 0.625. The van der Waals surface area contributed by atoms with Gasteiger partial charge in [-0.3, -0.25) is 0 Å². The molecular weight excluding hydrogens is 276 g/mol. The minimum Gasteiger partial charge on any atom is -0.492 e. The van der Waals surface area contributed by atoms with Gasteiger partial charge in [0.2, 0.25) is 10.0 Å². The van der Waals surface area contributed by atoms with Crippen LogP contribution in [0.1, 0.15) is 33.1 Å². The minimum atomic E-state index is -3.39. The second-order valence-electron chi connectivity index (χ2n) is 5.66. The van der Waals surface area contributed by atoms with Crippen molar-refractivity contribution < 1.29 is 13.2 Å². The largest absolute Gasteiger partial charge is 0.492 e. The fourth-order valence-electron chi connectivity index (χ4n) is 1.55. The van der Waals surface area contributed by atoms with Crippen molar-refractivity contribution in [1.82, 2.24) is 4.72 Å². The molecule has 0 bridgehead atoms. The second kappa shape index (κ2) is 5.71. The van der Waals surface area contributed by atoms with Gasteiger partial charge in [-0.2, -0.15) is 0 Å². The zero-order valence-electron chi connectivity index (χ0n) is 11.9. The lowest BCUT2D eigenvalue weighted by Gasteiger charge is -2.22. The summed E-state index contributed by atoms with van der Waals surface area (Å²) in [6, 6.07) is 6.54. The van der Waals surface area contributed by atoms with E-state index in [1.54, 1.807) is 24.3 Å². The summed E-state index contributed by atoms with van der Waals surface area (Å²) in [5.41, 5.74) is 5.62. The van der Waals surface area contributed by atoms with Gasteiger partial charge in [0, 0.05) is 11.6 Å². The molecule has 1 aromatic rings. The van der Waals surface area contributed by atoms with Gasteiger partial charge in [0.25, 0.3) is 0 Å². The maximum Gasteiger partial charge on any atom is 0.240 e. The summed E-state index contributed by atoms with van der Waals surface area (Å²) in [7, 11) is -3.39. The number of rotatable bonds is 7. The third-order valence-electron chi connectivity index (χ3n) is 3.41. The Morgan fingerprint density at radius 3 is 2.45 bits per heavy atom. The molecule has 1 fully saturated rings. The quantitative estimate of drug-likeness (QED) is 0.801. The Bertz CT molecular complexity index is 548. The number of ether oxygens (including phenoxy) is 1. The van der Waals surface area contributed by atoms with E-state index in [0.717, 1.165) is 19.3 Å². The van der Waals surface area contributed by atoms with E-state index in [1.807, 2.05) is 13.8 Å². The molecule has 0 radical (unpaired) electrons. The van der Waals surface area contributed by atoms with Crippen LogP contribution in [0.25, 0.3) is 0 Å². The van der Waals surface area contributed by atoms with Crippen LogP contribution in [0.3, 0.4) is 0 Å². The van der Waals surface area contributed by atoms with E-state index in [9.17, 15) is 8.42 Å². The maximum atomic E-state index is 12.0. The Labute approximate surface area is 120 Å². The number of hydrogen-bond donors (Lipinski definition) is 2. The van der Waals surface area contributed by atoms with Gasteiger partial charge < -0.3 is 10.5 Å². The van der Waals surface area contributed by atoms with Gasteiger partial charge in [-0.15, -0.1) is 0 Å². The van der Waals surface area contributed by atoms with E-state index >= 15 is 0 Å². The summed E-state index contributed by atoms with van der Waals surface area (Å²) in [4.78, 5) is 0.266. The molecule has 0 aliphatic heterocycles. The molecule has 1 aromatic carbocycles. The third kappa shape index (κ3) is 4.19. The van der Waals surface area contributed by atoms with Gasteiger partial charge in [0.05, 0.1) is 4.90 Å². The van der Waals surface area contributed by atoms with E-state index in [2.05, 4.69) is 4.72 Å². The molecule has 0 heterocycles. The molecule has 0 amide bonds. The fourth-order valence-corrected chi connectivity index (χ4v) is 2.86. The van der Waals surface area contributed by atoms with Crippen LogP contribution in [0, 0.1) is 0 Å². The highest BCUT2D eigenvalue weighted by molar-refractivity contribution is 7.89. The minimum absolute atomic E-state index is 0.110. The molecule has 3 N–H and O–H groups in total. The van der Waals surface area contributed by atoms with Crippen molar-refractivity contribution in [3.8, 4) is 5.75 Å². The van der Waals surface area contributed by atoms with Gasteiger partial charge in [-0.25, -0.2) is 13.1 Å². The number of nitrogens with one attached hydrogen (secondary N) is 1. The number of nitrogens with two attached hydrogens (primary N) is 1. The van der Waals surface area contributed by atoms with Crippen molar-refractivity contribution in [2.45, 2.75) is 49.6 Å². The van der Waals surface area contributed by atoms with Gasteiger partial charge in [-0.05, 0) is 50.5 Å². The highest BCUT2D eigenvalue weighted by Gasteiger charge is 2.27. The van der Waals surface area contributed by atoms with Crippen LogP contribution in [0.15, 0.2) is 29.2 Å². The van der Waals surface area contributed by atoms with Gasteiger partial charge in [0.15, 0.2) is 0 Å². The lowest BCUT2D eigenvalue weighted by atomic mass is 10.0. The van der Waals surface area contributed by atoms with E-state index in [-0.39, 0.29) is 16.5 Å². The Balaban J connectivity index is 1.99. The maximum absolute atomic E-state index is 12.0. The van der Waals surface area contributed by atoms with Crippen molar-refractivity contribution in [3.05, 3.63) is 24.3 Å². The standard InChI is InChI=1S/C14H22N2O3S/c1-3-14(2,15)10-19-12-6-8-13(9-7-12)20(17,18)16-11-4-5-11/h6-9,11,16H,3-5,10,15H2,1-2H3. The Kier molecular flexibility index (Phi) is 4.36. The van der Waals surface area contributed by atoms with E-state index in [4.69, 9.17) is 10.5 Å². The van der Waals surface area contributed by atoms with Crippen LogP contribution in [-0.2, 0) is 10.0 Å². The predicted molar refractivity (Wildman–Crippen MR) is 78.2 cm³/mol. The molecule has 5 nitrogen and oxygen atoms in total. The monoisotopic (exact) mass is 298 g/mol. The lowest BCUT2D eigenvalue weighted by molar-refractivity contribution is 0.226. The first-order chi connectivity index (χ1) is 9.32. The molecule has 20 heavy (non-hydrogen) atoms.